The fourth-order valence-electron chi connectivity index (χ4n) is 4.97. The lowest BCUT2D eigenvalue weighted by Gasteiger charge is -2.32. The molecule has 3 aromatic rings. The molecule has 1 fully saturated rings. The number of methoxy groups -OCH3 is 1. The zero-order chi connectivity index (χ0) is 26.5. The number of nitrogens with zero attached hydrogens (tertiary/aromatic N) is 3. The molecule has 2 aromatic carbocycles. The predicted molar refractivity (Wildman–Crippen MR) is 146 cm³/mol. The summed E-state index contributed by atoms with van der Waals surface area (Å²) in [6, 6.07) is 13.8. The van der Waals surface area contributed by atoms with Crippen LogP contribution in [0, 0.1) is 0 Å². The van der Waals surface area contributed by atoms with Crippen molar-refractivity contribution >= 4 is 22.7 Å². The fraction of sp³-hybridized carbons (Fsp3) is 0.357. The zero-order valence-electron chi connectivity index (χ0n) is 21.7. The number of ether oxygens (including phenoxy) is 1. The van der Waals surface area contributed by atoms with E-state index in [0.717, 1.165) is 52.9 Å². The van der Waals surface area contributed by atoms with E-state index in [4.69, 9.17) is 16.3 Å². The van der Waals surface area contributed by atoms with Crippen molar-refractivity contribution in [3.05, 3.63) is 66.1 Å². The van der Waals surface area contributed by atoms with Crippen molar-refractivity contribution in [1.29, 1.82) is 0 Å². The summed E-state index contributed by atoms with van der Waals surface area (Å²) < 4.78 is 5.64. The number of amides is 2. The molecule has 37 heavy (non-hydrogen) atoms. The van der Waals surface area contributed by atoms with Crippen molar-refractivity contribution in [3.8, 4) is 16.9 Å². The summed E-state index contributed by atoms with van der Waals surface area (Å²) in [6.07, 6.45) is 5.13. The van der Waals surface area contributed by atoms with E-state index in [0.29, 0.717) is 25.1 Å². The number of nitrogens with two attached hydrogens (primary N) is 2. The molecule has 0 saturated carbocycles. The first-order valence-corrected chi connectivity index (χ1v) is 12.5. The van der Waals surface area contributed by atoms with Crippen LogP contribution in [0.5, 0.6) is 5.75 Å². The van der Waals surface area contributed by atoms with Gasteiger partial charge in [-0.25, -0.2) is 5.84 Å². The number of aromatic nitrogens is 1. The van der Waals surface area contributed by atoms with E-state index in [1.54, 1.807) is 32.3 Å². The van der Waals surface area contributed by atoms with E-state index in [1.807, 2.05) is 41.3 Å². The van der Waals surface area contributed by atoms with Gasteiger partial charge >= 0.3 is 0 Å². The molecule has 2 amide bonds. The number of aromatic amines is 1. The lowest BCUT2D eigenvalue weighted by molar-refractivity contribution is -0.132. The number of para-hydroxylation sites is 1. The molecular weight excluding hydrogens is 468 g/mol. The second kappa shape index (κ2) is 11.4. The Morgan fingerprint density at radius 3 is 2.70 bits per heavy atom. The minimum Gasteiger partial charge on any atom is -0.496 e. The van der Waals surface area contributed by atoms with Gasteiger partial charge in [-0.1, -0.05) is 18.2 Å². The predicted octanol–water partition coefficient (Wildman–Crippen LogP) is 3.25. The number of carbonyl (C=O) groups is 2. The van der Waals surface area contributed by atoms with E-state index >= 15 is 0 Å². The summed E-state index contributed by atoms with van der Waals surface area (Å²) in [5, 5.41) is 2.38. The van der Waals surface area contributed by atoms with Crippen molar-refractivity contribution in [2.45, 2.75) is 25.2 Å². The molecule has 0 aliphatic carbocycles. The van der Waals surface area contributed by atoms with Crippen molar-refractivity contribution in [1.82, 2.24) is 19.8 Å². The lowest BCUT2D eigenvalue weighted by Crippen LogP contribution is -2.41. The summed E-state index contributed by atoms with van der Waals surface area (Å²) in [7, 11) is 5.15. The number of likely N-dealkylation sites (tertiary alicyclic amines) is 1. The van der Waals surface area contributed by atoms with Crippen LogP contribution in [0.3, 0.4) is 0 Å². The maximum Gasteiger partial charge on any atom is 0.253 e. The van der Waals surface area contributed by atoms with Crippen molar-refractivity contribution in [3.63, 3.8) is 0 Å². The monoisotopic (exact) mass is 504 g/mol. The molecule has 0 spiro atoms. The highest BCUT2D eigenvalue weighted by Gasteiger charge is 2.27. The smallest absolute Gasteiger partial charge is 0.253 e. The van der Waals surface area contributed by atoms with Crippen molar-refractivity contribution in [2.75, 3.05) is 40.8 Å². The number of H-pyrrole nitrogens is 1. The Bertz CT molecular complexity index is 1300. The van der Waals surface area contributed by atoms with Crippen LogP contribution in [0.1, 0.15) is 41.2 Å². The molecule has 196 valence electrons. The molecule has 1 aromatic heterocycles. The normalized spacial score (nSPS) is 15.8. The van der Waals surface area contributed by atoms with Crippen LogP contribution in [0.25, 0.3) is 22.0 Å². The number of benzene rings is 2. The maximum absolute atomic E-state index is 12.9. The number of nitrogens with one attached hydrogen (secondary N) is 1. The van der Waals surface area contributed by atoms with Crippen LogP contribution >= 0.6 is 0 Å². The second-order valence-corrected chi connectivity index (χ2v) is 9.62. The van der Waals surface area contributed by atoms with Gasteiger partial charge in [0.15, 0.2) is 0 Å². The van der Waals surface area contributed by atoms with Crippen molar-refractivity contribution in [2.24, 2.45) is 11.6 Å². The van der Waals surface area contributed by atoms with Crippen LogP contribution in [0.15, 0.2) is 54.9 Å². The largest absolute Gasteiger partial charge is 0.496 e. The van der Waals surface area contributed by atoms with E-state index in [-0.39, 0.29) is 17.7 Å². The highest BCUT2D eigenvalue weighted by molar-refractivity contribution is 6.04. The van der Waals surface area contributed by atoms with Gasteiger partial charge in [-0.05, 0) is 37.1 Å². The molecular formula is C28H36N6O3. The van der Waals surface area contributed by atoms with Crippen LogP contribution < -0.4 is 16.3 Å². The molecule has 1 aliphatic rings. The third kappa shape index (κ3) is 5.72. The average molecular weight is 505 g/mol. The number of rotatable bonds is 8. The van der Waals surface area contributed by atoms with Gasteiger partial charge in [0.2, 0.25) is 5.91 Å². The fourth-order valence-corrected chi connectivity index (χ4v) is 4.97. The summed E-state index contributed by atoms with van der Waals surface area (Å²) >= 11 is 0. The highest BCUT2D eigenvalue weighted by Crippen LogP contribution is 2.38. The number of hydrogen-bond donors (Lipinski definition) is 3. The number of piperidine rings is 1. The Balaban J connectivity index is 1.67. The van der Waals surface area contributed by atoms with Crippen LogP contribution in [-0.2, 0) is 4.79 Å². The van der Waals surface area contributed by atoms with E-state index < -0.39 is 0 Å². The molecule has 9 heteroatoms. The third-order valence-corrected chi connectivity index (χ3v) is 6.87. The first-order chi connectivity index (χ1) is 17.8. The topological polar surface area (TPSA) is 121 Å². The molecule has 9 nitrogen and oxygen atoms in total. The SMILES string of the molecule is COc1ccccc1-c1cc(C(=O)N(C)C)cc2cc(C3CCCN(C(=O)CCN(N)/C=C\N)C3)[nH]c12. The minimum absolute atomic E-state index is 0.0614. The highest BCUT2D eigenvalue weighted by atomic mass is 16.5. The second-order valence-electron chi connectivity index (χ2n) is 9.62. The van der Waals surface area contributed by atoms with Gasteiger partial charge in [0.25, 0.3) is 5.91 Å². The Morgan fingerprint density at radius 2 is 1.97 bits per heavy atom. The van der Waals surface area contributed by atoms with E-state index in [1.165, 1.54) is 11.2 Å². The Labute approximate surface area is 217 Å². The van der Waals surface area contributed by atoms with E-state index in [2.05, 4.69) is 11.1 Å². The van der Waals surface area contributed by atoms with Gasteiger partial charge in [0.1, 0.15) is 5.75 Å². The molecule has 0 radical (unpaired) electrons. The molecule has 1 unspecified atom stereocenters. The van der Waals surface area contributed by atoms with Crippen LogP contribution in [0.2, 0.25) is 0 Å². The Morgan fingerprint density at radius 1 is 1.19 bits per heavy atom. The van der Waals surface area contributed by atoms with Gasteiger partial charge in [-0.15, -0.1) is 0 Å². The summed E-state index contributed by atoms with van der Waals surface area (Å²) in [6.45, 7) is 1.78. The maximum atomic E-state index is 12.9. The molecule has 5 N–H and O–H groups in total. The number of carbonyl (C=O) groups excluding carboxylic acids is 2. The van der Waals surface area contributed by atoms with Crippen LogP contribution in [-0.4, -0.2) is 72.4 Å². The number of hydrazine groups is 1. The molecule has 0 bridgehead atoms. The number of fused-ring (bicyclic) bond motifs is 1. The lowest BCUT2D eigenvalue weighted by atomic mass is 9.94. The molecule has 4 rings (SSSR count). The molecule has 1 saturated heterocycles. The summed E-state index contributed by atoms with van der Waals surface area (Å²) in [4.78, 5) is 32.9. The number of hydrogen-bond acceptors (Lipinski definition) is 6. The molecule has 2 heterocycles. The average Bonchev–Trinajstić information content (AvgIpc) is 3.35. The first-order valence-electron chi connectivity index (χ1n) is 12.5. The Hall–Kier alpha value is -3.98. The van der Waals surface area contributed by atoms with Crippen molar-refractivity contribution < 1.29 is 14.3 Å². The first kappa shape index (κ1) is 26.1. The van der Waals surface area contributed by atoms with Crippen LogP contribution in [0.4, 0.5) is 0 Å². The quantitative estimate of drug-likeness (QED) is 0.320. The summed E-state index contributed by atoms with van der Waals surface area (Å²) in [5.74, 6) is 6.74. The molecule has 1 aliphatic heterocycles. The van der Waals surface area contributed by atoms with Gasteiger partial charge in [-0.3, -0.25) is 9.59 Å². The molecule has 1 atom stereocenters. The minimum atomic E-state index is -0.0614. The van der Waals surface area contributed by atoms with Gasteiger partial charge < -0.3 is 30.3 Å². The van der Waals surface area contributed by atoms with Gasteiger partial charge in [0, 0.05) is 86.2 Å². The Kier molecular flexibility index (Phi) is 8.03. The standard InChI is InChI=1S/C28H36N6O3/c1-32(2)28(36)21-15-20-17-24(31-27(20)23(16-21)22-8-4-5-9-25(22)37-3)19-7-6-12-33(18-19)26(35)10-13-34(30)14-11-29/h4-5,8-9,11,14-17,19,31H,6-7,10,12-13,18,29-30H2,1-3H3/b14-11-. The van der Waals surface area contributed by atoms with Gasteiger partial charge in [-0.2, -0.15) is 0 Å². The zero-order valence-corrected chi connectivity index (χ0v) is 21.7. The summed E-state index contributed by atoms with van der Waals surface area (Å²) in [5.41, 5.74) is 9.81. The third-order valence-electron chi connectivity index (χ3n) is 6.87. The van der Waals surface area contributed by atoms with Gasteiger partial charge in [0.05, 0.1) is 12.6 Å². The van der Waals surface area contributed by atoms with E-state index in [9.17, 15) is 9.59 Å².